The molecule has 0 saturated carbocycles. The van der Waals surface area contributed by atoms with Gasteiger partial charge < -0.3 is 24.1 Å². The number of aromatic amines is 1. The molecule has 0 spiro atoms. The van der Waals surface area contributed by atoms with E-state index in [0.717, 1.165) is 54.9 Å². The molecule has 2 aromatic heterocycles. The number of ether oxygens (including phenoxy) is 3. The number of imidazole rings is 1. The van der Waals surface area contributed by atoms with Crippen LogP contribution in [0.3, 0.4) is 0 Å². The standard InChI is InChI=1S/C27H32N6O5/c1-36-26-20(12-19-4-2-3-5-21(19)30-26)22-13-28-25(29-22)23-15-31(14-18-6-10-37-17-18)7-8-33(23)24(34)16-32-9-11-38-27(32)35/h2-5,12-13,18,23H,6-11,14-17H2,1H3,(H,28,29). The third-order valence-corrected chi connectivity index (χ3v) is 7.58. The van der Waals surface area contributed by atoms with E-state index in [-0.39, 0.29) is 18.5 Å². The Bertz CT molecular complexity index is 1320. The van der Waals surface area contributed by atoms with Crippen molar-refractivity contribution < 1.29 is 23.8 Å². The molecule has 11 nitrogen and oxygen atoms in total. The fourth-order valence-electron chi connectivity index (χ4n) is 5.54. The number of hydrogen-bond acceptors (Lipinski definition) is 8. The van der Waals surface area contributed by atoms with Gasteiger partial charge in [0.15, 0.2) is 0 Å². The first kappa shape index (κ1) is 24.6. The van der Waals surface area contributed by atoms with Crippen molar-refractivity contribution in [2.24, 2.45) is 5.92 Å². The lowest BCUT2D eigenvalue weighted by Gasteiger charge is -2.41. The second-order valence-electron chi connectivity index (χ2n) is 10.0. The minimum atomic E-state index is -0.439. The van der Waals surface area contributed by atoms with Crippen LogP contribution in [0.4, 0.5) is 4.79 Å². The number of nitrogens with one attached hydrogen (secondary N) is 1. The highest BCUT2D eigenvalue weighted by molar-refractivity contribution is 5.85. The summed E-state index contributed by atoms with van der Waals surface area (Å²) in [4.78, 5) is 43.9. The van der Waals surface area contributed by atoms with E-state index in [1.807, 2.05) is 35.2 Å². The second kappa shape index (κ2) is 10.6. The van der Waals surface area contributed by atoms with E-state index in [1.54, 1.807) is 13.3 Å². The maximum atomic E-state index is 13.4. The Hall–Kier alpha value is -3.70. The minimum absolute atomic E-state index is 0.00177. The average Bonchev–Trinajstić information content (AvgIpc) is 3.71. The molecule has 3 aliphatic rings. The molecule has 200 valence electrons. The number of aromatic nitrogens is 3. The summed E-state index contributed by atoms with van der Waals surface area (Å²) in [6.45, 7) is 5.21. The van der Waals surface area contributed by atoms with Gasteiger partial charge in [-0.05, 0) is 24.5 Å². The first-order valence-corrected chi connectivity index (χ1v) is 13.1. The zero-order valence-electron chi connectivity index (χ0n) is 21.5. The summed E-state index contributed by atoms with van der Waals surface area (Å²) in [7, 11) is 1.60. The molecule has 0 radical (unpaired) electrons. The van der Waals surface area contributed by atoms with Crippen LogP contribution in [0.2, 0.25) is 0 Å². The predicted octanol–water partition coefficient (Wildman–Crippen LogP) is 2.31. The van der Waals surface area contributed by atoms with Gasteiger partial charge in [0.1, 0.15) is 25.0 Å². The smallest absolute Gasteiger partial charge is 0.410 e. The molecular weight excluding hydrogens is 488 g/mol. The molecule has 3 saturated heterocycles. The van der Waals surface area contributed by atoms with Crippen LogP contribution in [-0.4, -0.2) is 108 Å². The molecule has 3 fully saturated rings. The third kappa shape index (κ3) is 4.91. The summed E-state index contributed by atoms with van der Waals surface area (Å²) in [5, 5.41) is 0.997. The first-order valence-electron chi connectivity index (χ1n) is 13.1. The first-order chi connectivity index (χ1) is 18.6. The van der Waals surface area contributed by atoms with E-state index >= 15 is 0 Å². The van der Waals surface area contributed by atoms with Gasteiger partial charge in [0.25, 0.3) is 0 Å². The Kier molecular flexibility index (Phi) is 6.86. The van der Waals surface area contributed by atoms with Crippen molar-refractivity contribution in [2.75, 3.05) is 66.2 Å². The number of methoxy groups -OCH3 is 1. The van der Waals surface area contributed by atoms with Gasteiger partial charge in [-0.15, -0.1) is 0 Å². The normalized spacial score (nSPS) is 22.3. The van der Waals surface area contributed by atoms with E-state index in [0.29, 0.717) is 43.9 Å². The van der Waals surface area contributed by atoms with Gasteiger partial charge in [-0.3, -0.25) is 14.6 Å². The number of fused-ring (bicyclic) bond motifs is 1. The van der Waals surface area contributed by atoms with E-state index in [4.69, 9.17) is 19.2 Å². The van der Waals surface area contributed by atoms with Crippen molar-refractivity contribution in [3.63, 3.8) is 0 Å². The highest BCUT2D eigenvalue weighted by Gasteiger charge is 2.36. The topological polar surface area (TPSA) is 113 Å². The molecule has 11 heteroatoms. The number of H-pyrrole nitrogens is 1. The zero-order valence-corrected chi connectivity index (χ0v) is 21.5. The van der Waals surface area contributed by atoms with Gasteiger partial charge in [-0.25, -0.2) is 14.8 Å². The van der Waals surface area contributed by atoms with Crippen molar-refractivity contribution in [1.82, 2.24) is 29.7 Å². The van der Waals surface area contributed by atoms with E-state index < -0.39 is 6.09 Å². The largest absolute Gasteiger partial charge is 0.480 e. The van der Waals surface area contributed by atoms with Crippen molar-refractivity contribution >= 4 is 22.9 Å². The second-order valence-corrected chi connectivity index (χ2v) is 10.0. The number of nitrogens with zero attached hydrogens (tertiary/aromatic N) is 5. The van der Waals surface area contributed by atoms with E-state index in [2.05, 4.69) is 14.9 Å². The lowest BCUT2D eigenvalue weighted by Crippen LogP contribution is -2.54. The molecule has 5 heterocycles. The SMILES string of the molecule is COc1nc2ccccc2cc1-c1cnc(C2CN(CC3CCOC3)CCN2C(=O)CN2CCOC2=O)[nH]1. The fourth-order valence-corrected chi connectivity index (χ4v) is 5.54. The fraction of sp³-hybridized carbons (Fsp3) is 0.481. The van der Waals surface area contributed by atoms with Crippen molar-refractivity contribution in [1.29, 1.82) is 0 Å². The monoisotopic (exact) mass is 520 g/mol. The van der Waals surface area contributed by atoms with Crippen LogP contribution >= 0.6 is 0 Å². The van der Waals surface area contributed by atoms with Crippen LogP contribution < -0.4 is 4.74 Å². The van der Waals surface area contributed by atoms with Gasteiger partial charge in [-0.1, -0.05) is 18.2 Å². The number of rotatable bonds is 7. The van der Waals surface area contributed by atoms with Crippen LogP contribution in [0, 0.1) is 5.92 Å². The van der Waals surface area contributed by atoms with E-state index in [9.17, 15) is 9.59 Å². The summed E-state index contributed by atoms with van der Waals surface area (Å²) < 4.78 is 16.2. The highest BCUT2D eigenvalue weighted by Crippen LogP contribution is 2.33. The number of cyclic esters (lactones) is 1. The summed E-state index contributed by atoms with van der Waals surface area (Å²) in [5.41, 5.74) is 2.43. The number of amides is 2. The number of benzene rings is 1. The van der Waals surface area contributed by atoms with Gasteiger partial charge >= 0.3 is 6.09 Å². The predicted molar refractivity (Wildman–Crippen MR) is 139 cm³/mol. The molecular formula is C27H32N6O5. The molecule has 38 heavy (non-hydrogen) atoms. The highest BCUT2D eigenvalue weighted by atomic mass is 16.6. The molecule has 2 amide bonds. The summed E-state index contributed by atoms with van der Waals surface area (Å²) in [6.07, 6.45) is 2.39. The molecule has 1 N–H and O–H groups in total. The number of pyridine rings is 1. The molecule has 6 rings (SSSR count). The van der Waals surface area contributed by atoms with Crippen LogP contribution in [0.1, 0.15) is 18.3 Å². The Morgan fingerprint density at radius 1 is 1.21 bits per heavy atom. The number of carbonyl (C=O) groups excluding carboxylic acids is 2. The minimum Gasteiger partial charge on any atom is -0.480 e. The Morgan fingerprint density at radius 3 is 2.89 bits per heavy atom. The number of para-hydroxylation sites is 1. The molecule has 2 atom stereocenters. The molecule has 2 unspecified atom stereocenters. The van der Waals surface area contributed by atoms with Crippen LogP contribution in [0.5, 0.6) is 5.88 Å². The summed E-state index contributed by atoms with van der Waals surface area (Å²) in [5.74, 6) is 1.59. The summed E-state index contributed by atoms with van der Waals surface area (Å²) >= 11 is 0. The molecule has 1 aromatic carbocycles. The average molecular weight is 521 g/mol. The molecule has 0 aliphatic carbocycles. The molecule has 3 aromatic rings. The van der Waals surface area contributed by atoms with Crippen LogP contribution in [0.25, 0.3) is 22.2 Å². The molecule has 0 bridgehead atoms. The lowest BCUT2D eigenvalue weighted by atomic mass is 10.1. The Morgan fingerprint density at radius 2 is 2.11 bits per heavy atom. The van der Waals surface area contributed by atoms with Crippen molar-refractivity contribution in [3.05, 3.63) is 42.4 Å². The number of carbonyl (C=O) groups is 2. The maximum Gasteiger partial charge on any atom is 0.410 e. The third-order valence-electron chi connectivity index (χ3n) is 7.58. The quantitative estimate of drug-likeness (QED) is 0.505. The van der Waals surface area contributed by atoms with Gasteiger partial charge in [0.05, 0.1) is 43.2 Å². The van der Waals surface area contributed by atoms with Gasteiger partial charge in [0.2, 0.25) is 11.8 Å². The van der Waals surface area contributed by atoms with Gasteiger partial charge in [-0.2, -0.15) is 0 Å². The number of piperazine rings is 1. The Balaban J connectivity index is 1.28. The number of hydrogen-bond donors (Lipinski definition) is 1. The van der Waals surface area contributed by atoms with Crippen molar-refractivity contribution in [2.45, 2.75) is 12.5 Å². The zero-order chi connectivity index (χ0) is 26.1. The van der Waals surface area contributed by atoms with Crippen molar-refractivity contribution in [3.8, 4) is 17.1 Å². The Labute approximate surface area is 220 Å². The van der Waals surface area contributed by atoms with Crippen LogP contribution in [0.15, 0.2) is 36.5 Å². The lowest BCUT2D eigenvalue weighted by molar-refractivity contribution is -0.137. The summed E-state index contributed by atoms with van der Waals surface area (Å²) in [6, 6.07) is 9.63. The molecule has 3 aliphatic heterocycles. The van der Waals surface area contributed by atoms with Crippen LogP contribution in [-0.2, 0) is 14.3 Å². The maximum absolute atomic E-state index is 13.4. The van der Waals surface area contributed by atoms with E-state index in [1.165, 1.54) is 4.90 Å². The van der Waals surface area contributed by atoms with Gasteiger partial charge in [0, 0.05) is 38.2 Å².